The van der Waals surface area contributed by atoms with E-state index in [2.05, 4.69) is 20.4 Å². The van der Waals surface area contributed by atoms with Crippen molar-refractivity contribution in [1.82, 2.24) is 14.6 Å². The average Bonchev–Trinajstić information content (AvgIpc) is 3.08. The number of nitrogens with one attached hydrogen (secondary N) is 1. The standard InChI is InChI=1S/C18H18FN5O/c19-14-6-8-15(9-7-14)20-17(25)13-4-3-10-23(12-13)18-22-21-16-5-1-2-11-24(16)18/h1-2,5-9,11,13H,3-4,10,12H2,(H,20,25)/t13-/m1/s1. The minimum Gasteiger partial charge on any atom is -0.340 e. The number of amides is 1. The van der Waals surface area contributed by atoms with Crippen molar-refractivity contribution in [1.29, 1.82) is 0 Å². The van der Waals surface area contributed by atoms with Crippen molar-refractivity contribution in [2.75, 3.05) is 23.3 Å². The Morgan fingerprint density at radius 3 is 2.84 bits per heavy atom. The third-order valence-corrected chi connectivity index (χ3v) is 4.48. The van der Waals surface area contributed by atoms with Crippen LogP contribution in [-0.2, 0) is 4.79 Å². The van der Waals surface area contributed by atoms with Gasteiger partial charge in [0.1, 0.15) is 5.82 Å². The van der Waals surface area contributed by atoms with E-state index in [4.69, 9.17) is 0 Å². The van der Waals surface area contributed by atoms with Gasteiger partial charge in [-0.05, 0) is 49.2 Å². The molecule has 0 spiro atoms. The highest BCUT2D eigenvalue weighted by Crippen LogP contribution is 2.23. The fourth-order valence-electron chi connectivity index (χ4n) is 3.19. The number of anilines is 2. The molecule has 0 bridgehead atoms. The predicted octanol–water partition coefficient (Wildman–Crippen LogP) is 2.72. The molecule has 0 saturated carbocycles. The van der Waals surface area contributed by atoms with Gasteiger partial charge < -0.3 is 10.2 Å². The van der Waals surface area contributed by atoms with Crippen LogP contribution in [0.5, 0.6) is 0 Å². The molecular formula is C18H18FN5O. The van der Waals surface area contributed by atoms with E-state index in [0.29, 0.717) is 12.2 Å². The SMILES string of the molecule is O=C(Nc1ccc(F)cc1)[C@@H]1CCCN(c2nnc3ccccn23)C1. The van der Waals surface area contributed by atoms with Crippen LogP contribution < -0.4 is 10.2 Å². The second-order valence-corrected chi connectivity index (χ2v) is 6.21. The molecule has 0 unspecified atom stereocenters. The van der Waals surface area contributed by atoms with Crippen LogP contribution in [0.3, 0.4) is 0 Å². The maximum absolute atomic E-state index is 13.0. The minimum atomic E-state index is -0.319. The van der Waals surface area contributed by atoms with E-state index in [-0.39, 0.29) is 17.6 Å². The van der Waals surface area contributed by atoms with Crippen LogP contribution in [0.1, 0.15) is 12.8 Å². The number of hydrogen-bond acceptors (Lipinski definition) is 4. The Morgan fingerprint density at radius 1 is 1.16 bits per heavy atom. The summed E-state index contributed by atoms with van der Waals surface area (Å²) < 4.78 is 14.9. The van der Waals surface area contributed by atoms with E-state index in [1.807, 2.05) is 28.8 Å². The lowest BCUT2D eigenvalue weighted by molar-refractivity contribution is -0.120. The van der Waals surface area contributed by atoms with E-state index in [9.17, 15) is 9.18 Å². The number of piperidine rings is 1. The molecule has 0 aliphatic carbocycles. The molecule has 2 aromatic heterocycles. The van der Waals surface area contributed by atoms with Crippen LogP contribution in [0.15, 0.2) is 48.7 Å². The van der Waals surface area contributed by atoms with Crippen molar-refractivity contribution in [3.63, 3.8) is 0 Å². The molecule has 3 heterocycles. The van der Waals surface area contributed by atoms with Gasteiger partial charge in [-0.25, -0.2) is 4.39 Å². The molecule has 1 saturated heterocycles. The Labute approximate surface area is 144 Å². The number of benzene rings is 1. The van der Waals surface area contributed by atoms with Crippen molar-refractivity contribution >= 4 is 23.2 Å². The first-order valence-corrected chi connectivity index (χ1v) is 8.32. The fourth-order valence-corrected chi connectivity index (χ4v) is 3.19. The maximum Gasteiger partial charge on any atom is 0.231 e. The Hall–Kier alpha value is -2.96. The number of rotatable bonds is 3. The number of halogens is 1. The minimum absolute atomic E-state index is 0.0508. The smallest absolute Gasteiger partial charge is 0.231 e. The molecular weight excluding hydrogens is 321 g/mol. The van der Waals surface area contributed by atoms with Crippen LogP contribution in [-0.4, -0.2) is 33.6 Å². The normalized spacial score (nSPS) is 17.6. The zero-order valence-electron chi connectivity index (χ0n) is 13.6. The van der Waals surface area contributed by atoms with E-state index >= 15 is 0 Å². The molecule has 1 atom stereocenters. The largest absolute Gasteiger partial charge is 0.340 e. The van der Waals surface area contributed by atoms with Crippen LogP contribution in [0.4, 0.5) is 16.0 Å². The Bertz CT molecular complexity index is 892. The Balaban J connectivity index is 1.49. The quantitative estimate of drug-likeness (QED) is 0.797. The van der Waals surface area contributed by atoms with Crippen LogP contribution in [0.25, 0.3) is 5.65 Å². The molecule has 1 aliphatic heterocycles. The number of carbonyl (C=O) groups excluding carboxylic acids is 1. The molecule has 1 aromatic carbocycles. The monoisotopic (exact) mass is 339 g/mol. The zero-order chi connectivity index (χ0) is 17.2. The second-order valence-electron chi connectivity index (χ2n) is 6.21. The predicted molar refractivity (Wildman–Crippen MR) is 93.0 cm³/mol. The summed E-state index contributed by atoms with van der Waals surface area (Å²) in [6.45, 7) is 1.43. The lowest BCUT2D eigenvalue weighted by Gasteiger charge is -2.31. The number of hydrogen-bond donors (Lipinski definition) is 1. The van der Waals surface area contributed by atoms with Gasteiger partial charge in [-0.15, -0.1) is 10.2 Å². The molecule has 7 heteroatoms. The van der Waals surface area contributed by atoms with Gasteiger partial charge in [-0.3, -0.25) is 9.20 Å². The number of pyridine rings is 1. The first-order valence-electron chi connectivity index (χ1n) is 8.32. The Morgan fingerprint density at radius 2 is 2.00 bits per heavy atom. The summed E-state index contributed by atoms with van der Waals surface area (Å²) in [6.07, 6.45) is 3.65. The summed E-state index contributed by atoms with van der Waals surface area (Å²) in [5.74, 6) is 0.246. The van der Waals surface area contributed by atoms with E-state index in [1.165, 1.54) is 12.1 Å². The van der Waals surface area contributed by atoms with Gasteiger partial charge in [0.05, 0.1) is 5.92 Å². The molecule has 1 amide bonds. The van der Waals surface area contributed by atoms with Gasteiger partial charge in [0.2, 0.25) is 11.9 Å². The molecule has 128 valence electrons. The fraction of sp³-hybridized carbons (Fsp3) is 0.278. The van der Waals surface area contributed by atoms with Gasteiger partial charge in [-0.1, -0.05) is 6.07 Å². The first-order chi connectivity index (χ1) is 12.2. The summed E-state index contributed by atoms with van der Waals surface area (Å²) in [5, 5.41) is 11.3. The summed E-state index contributed by atoms with van der Waals surface area (Å²) in [4.78, 5) is 14.7. The second kappa shape index (κ2) is 6.51. The van der Waals surface area contributed by atoms with Gasteiger partial charge in [-0.2, -0.15) is 0 Å². The lowest BCUT2D eigenvalue weighted by Crippen LogP contribution is -2.41. The van der Waals surface area contributed by atoms with E-state index in [0.717, 1.165) is 31.0 Å². The molecule has 1 aliphatic rings. The topological polar surface area (TPSA) is 62.5 Å². The number of carbonyl (C=O) groups is 1. The maximum atomic E-state index is 13.0. The van der Waals surface area contributed by atoms with Crippen LogP contribution in [0, 0.1) is 11.7 Å². The van der Waals surface area contributed by atoms with Crippen LogP contribution in [0.2, 0.25) is 0 Å². The van der Waals surface area contributed by atoms with Crippen molar-refractivity contribution in [3.8, 4) is 0 Å². The number of fused-ring (bicyclic) bond motifs is 1. The summed E-state index contributed by atoms with van der Waals surface area (Å²) in [5.41, 5.74) is 1.40. The van der Waals surface area contributed by atoms with Gasteiger partial charge in [0.15, 0.2) is 5.65 Å². The van der Waals surface area contributed by atoms with Gasteiger partial charge in [0.25, 0.3) is 0 Å². The molecule has 0 radical (unpaired) electrons. The highest BCUT2D eigenvalue weighted by Gasteiger charge is 2.28. The third kappa shape index (κ3) is 3.17. The summed E-state index contributed by atoms with van der Waals surface area (Å²) >= 11 is 0. The van der Waals surface area contributed by atoms with Gasteiger partial charge >= 0.3 is 0 Å². The van der Waals surface area contributed by atoms with Crippen molar-refractivity contribution < 1.29 is 9.18 Å². The molecule has 1 N–H and O–H groups in total. The van der Waals surface area contributed by atoms with Crippen LogP contribution >= 0.6 is 0 Å². The molecule has 3 aromatic rings. The summed E-state index contributed by atoms with van der Waals surface area (Å²) in [6, 6.07) is 11.6. The number of aromatic nitrogens is 3. The van der Waals surface area contributed by atoms with Crippen molar-refractivity contribution in [2.45, 2.75) is 12.8 Å². The first kappa shape index (κ1) is 15.6. The highest BCUT2D eigenvalue weighted by molar-refractivity contribution is 5.93. The van der Waals surface area contributed by atoms with E-state index in [1.54, 1.807) is 12.1 Å². The van der Waals surface area contributed by atoms with Crippen molar-refractivity contribution in [2.24, 2.45) is 5.92 Å². The summed E-state index contributed by atoms with van der Waals surface area (Å²) in [7, 11) is 0. The average molecular weight is 339 g/mol. The van der Waals surface area contributed by atoms with Crippen molar-refractivity contribution in [3.05, 3.63) is 54.5 Å². The molecule has 6 nitrogen and oxygen atoms in total. The lowest BCUT2D eigenvalue weighted by atomic mass is 9.97. The van der Waals surface area contributed by atoms with E-state index < -0.39 is 0 Å². The molecule has 25 heavy (non-hydrogen) atoms. The van der Waals surface area contributed by atoms with Gasteiger partial charge in [0, 0.05) is 25.0 Å². The highest BCUT2D eigenvalue weighted by atomic mass is 19.1. The molecule has 1 fully saturated rings. The molecule has 4 rings (SSSR count). The zero-order valence-corrected chi connectivity index (χ0v) is 13.6. The number of nitrogens with zero attached hydrogens (tertiary/aromatic N) is 4. The Kier molecular flexibility index (Phi) is 4.05. The third-order valence-electron chi connectivity index (χ3n) is 4.48.